The second kappa shape index (κ2) is 9.32. The largest absolute Gasteiger partial charge is 0.494 e. The number of halogens is 1. The average Bonchev–Trinajstić information content (AvgIpc) is 3.51. The summed E-state index contributed by atoms with van der Waals surface area (Å²) < 4.78 is 7.11. The molecule has 0 saturated heterocycles. The number of rotatable bonds is 5. The minimum Gasteiger partial charge on any atom is -0.494 e. The summed E-state index contributed by atoms with van der Waals surface area (Å²) in [5.74, 6) is -0.0215. The van der Waals surface area contributed by atoms with Gasteiger partial charge in [-0.05, 0) is 32.0 Å². The summed E-state index contributed by atoms with van der Waals surface area (Å²) in [4.78, 5) is 41.6. The molecule has 1 aliphatic rings. The second-order valence-corrected chi connectivity index (χ2v) is 9.85. The van der Waals surface area contributed by atoms with E-state index in [1.165, 1.54) is 30.8 Å². The van der Waals surface area contributed by atoms with Gasteiger partial charge in [0.25, 0.3) is 11.8 Å². The van der Waals surface area contributed by atoms with Gasteiger partial charge in [0.2, 0.25) is 0 Å². The first-order chi connectivity index (χ1) is 17.2. The van der Waals surface area contributed by atoms with Crippen LogP contribution in [0, 0.1) is 13.8 Å². The summed E-state index contributed by atoms with van der Waals surface area (Å²) >= 11 is 7.47. The molecular formula is C24H22ClN7O3S. The van der Waals surface area contributed by atoms with Crippen molar-refractivity contribution in [2.75, 3.05) is 12.4 Å². The first-order valence-electron chi connectivity index (χ1n) is 11.0. The topological polar surface area (TPSA) is 115 Å². The number of fused-ring (bicyclic) bond motifs is 1. The number of hydrogen-bond donors (Lipinski definition) is 1. The van der Waals surface area contributed by atoms with E-state index in [2.05, 4.69) is 25.4 Å². The molecule has 10 nitrogen and oxygen atoms in total. The van der Waals surface area contributed by atoms with E-state index >= 15 is 0 Å². The van der Waals surface area contributed by atoms with Crippen molar-refractivity contribution < 1.29 is 14.3 Å². The Labute approximate surface area is 215 Å². The maximum atomic E-state index is 13.3. The molecule has 1 aliphatic heterocycles. The molecular weight excluding hydrogens is 502 g/mol. The molecule has 184 valence electrons. The third kappa shape index (κ3) is 4.42. The molecule has 1 N–H and O–H groups in total. The van der Waals surface area contributed by atoms with E-state index in [1.807, 2.05) is 13.8 Å². The second-order valence-electron chi connectivity index (χ2n) is 8.38. The predicted molar refractivity (Wildman–Crippen MR) is 135 cm³/mol. The van der Waals surface area contributed by atoms with E-state index in [9.17, 15) is 9.59 Å². The number of nitrogens with zero attached hydrogens (tertiary/aromatic N) is 6. The number of aromatic nitrogens is 5. The van der Waals surface area contributed by atoms with Crippen LogP contribution in [0.2, 0.25) is 5.15 Å². The van der Waals surface area contributed by atoms with Crippen LogP contribution >= 0.6 is 22.9 Å². The SMILES string of the molecule is COc1cnc(Cl)cc1-c1cc(C)ncc1C(=O)Nc1nc2c(s1)CN(C(=O)c1cc(C)n(C)n1)C2. The van der Waals surface area contributed by atoms with Crippen molar-refractivity contribution in [2.24, 2.45) is 7.05 Å². The molecule has 0 aromatic carbocycles. The van der Waals surface area contributed by atoms with Gasteiger partial charge in [-0.3, -0.25) is 24.6 Å². The molecule has 0 radical (unpaired) electrons. The first-order valence-corrected chi connectivity index (χ1v) is 12.2. The minimum atomic E-state index is -0.364. The van der Waals surface area contributed by atoms with Gasteiger partial charge in [-0.2, -0.15) is 5.10 Å². The van der Waals surface area contributed by atoms with Crippen molar-refractivity contribution in [3.63, 3.8) is 0 Å². The number of nitrogens with one attached hydrogen (secondary N) is 1. The zero-order valence-electron chi connectivity index (χ0n) is 20.0. The zero-order chi connectivity index (χ0) is 25.6. The summed E-state index contributed by atoms with van der Waals surface area (Å²) in [5, 5.41) is 7.89. The molecule has 2 amide bonds. The van der Waals surface area contributed by atoms with Gasteiger partial charge in [-0.1, -0.05) is 22.9 Å². The van der Waals surface area contributed by atoms with Gasteiger partial charge in [0, 0.05) is 35.8 Å². The van der Waals surface area contributed by atoms with Crippen molar-refractivity contribution in [1.82, 2.24) is 29.6 Å². The molecule has 36 heavy (non-hydrogen) atoms. The van der Waals surface area contributed by atoms with Gasteiger partial charge in [-0.15, -0.1) is 0 Å². The van der Waals surface area contributed by atoms with Crippen LogP contribution < -0.4 is 10.1 Å². The standard InChI is InChI=1S/C24H22ClN7O3S/c1-12-5-14(15-7-21(25)27-9-19(15)35-4)16(8-26-12)22(33)29-24-28-18-10-32(11-20(18)36-24)23(34)17-6-13(2)31(3)30-17/h5-9H,10-11H2,1-4H3,(H,28,29,33). The van der Waals surface area contributed by atoms with Crippen LogP contribution in [0.3, 0.4) is 0 Å². The van der Waals surface area contributed by atoms with Crippen LogP contribution in [-0.4, -0.2) is 48.6 Å². The van der Waals surface area contributed by atoms with Crippen molar-refractivity contribution in [3.8, 4) is 16.9 Å². The summed E-state index contributed by atoms with van der Waals surface area (Å²) in [6.07, 6.45) is 3.03. The van der Waals surface area contributed by atoms with Gasteiger partial charge in [0.05, 0.1) is 42.5 Å². The fourth-order valence-electron chi connectivity index (χ4n) is 3.98. The van der Waals surface area contributed by atoms with Crippen LogP contribution in [0.5, 0.6) is 5.75 Å². The number of thiazole rings is 1. The van der Waals surface area contributed by atoms with Crippen molar-refractivity contribution in [2.45, 2.75) is 26.9 Å². The number of hydrogen-bond acceptors (Lipinski definition) is 8. The summed E-state index contributed by atoms with van der Waals surface area (Å²) in [5.41, 5.74) is 4.41. The molecule has 4 aromatic rings. The lowest BCUT2D eigenvalue weighted by molar-refractivity contribution is 0.0744. The number of amides is 2. The highest BCUT2D eigenvalue weighted by molar-refractivity contribution is 7.16. The van der Waals surface area contributed by atoms with E-state index < -0.39 is 0 Å². The monoisotopic (exact) mass is 523 g/mol. The number of pyridine rings is 2. The minimum absolute atomic E-state index is 0.144. The molecule has 5 heterocycles. The van der Waals surface area contributed by atoms with Gasteiger partial charge in [0.15, 0.2) is 10.8 Å². The summed E-state index contributed by atoms with van der Waals surface area (Å²) in [6.45, 7) is 4.52. The van der Waals surface area contributed by atoms with E-state index in [-0.39, 0.29) is 17.0 Å². The molecule has 0 spiro atoms. The van der Waals surface area contributed by atoms with Gasteiger partial charge in [0.1, 0.15) is 10.9 Å². The zero-order valence-corrected chi connectivity index (χ0v) is 21.6. The van der Waals surface area contributed by atoms with E-state index in [1.54, 1.807) is 34.8 Å². The molecule has 0 fully saturated rings. The maximum absolute atomic E-state index is 13.3. The van der Waals surface area contributed by atoms with Crippen molar-refractivity contribution in [3.05, 3.63) is 69.0 Å². The Bertz CT molecular complexity index is 1470. The Morgan fingerprint density at radius 2 is 1.92 bits per heavy atom. The number of ether oxygens (including phenoxy) is 1. The highest BCUT2D eigenvalue weighted by atomic mass is 35.5. The van der Waals surface area contributed by atoms with Crippen LogP contribution in [0.25, 0.3) is 11.1 Å². The van der Waals surface area contributed by atoms with Gasteiger partial charge in [-0.25, -0.2) is 9.97 Å². The average molecular weight is 524 g/mol. The number of aryl methyl sites for hydroxylation is 3. The Hall–Kier alpha value is -3.83. The molecule has 0 atom stereocenters. The third-order valence-corrected chi connectivity index (χ3v) is 7.13. The lowest BCUT2D eigenvalue weighted by atomic mass is 10.0. The quantitative estimate of drug-likeness (QED) is 0.393. The summed E-state index contributed by atoms with van der Waals surface area (Å²) in [7, 11) is 3.33. The van der Waals surface area contributed by atoms with E-state index in [0.29, 0.717) is 46.4 Å². The van der Waals surface area contributed by atoms with Gasteiger partial charge >= 0.3 is 0 Å². The molecule has 0 saturated carbocycles. The third-order valence-electron chi connectivity index (χ3n) is 5.92. The molecule has 0 aliphatic carbocycles. The van der Waals surface area contributed by atoms with Crippen LogP contribution in [-0.2, 0) is 20.1 Å². The Kier molecular flexibility index (Phi) is 6.19. The van der Waals surface area contributed by atoms with Crippen molar-refractivity contribution in [1.29, 1.82) is 0 Å². The Balaban J connectivity index is 1.36. The van der Waals surface area contributed by atoms with E-state index in [4.69, 9.17) is 16.3 Å². The smallest absolute Gasteiger partial charge is 0.275 e. The van der Waals surface area contributed by atoms with E-state index in [0.717, 1.165) is 22.0 Å². The number of carbonyl (C=O) groups is 2. The van der Waals surface area contributed by atoms with Crippen molar-refractivity contribution >= 4 is 39.9 Å². The fourth-order valence-corrected chi connectivity index (χ4v) is 5.12. The Morgan fingerprint density at radius 3 is 2.61 bits per heavy atom. The first kappa shape index (κ1) is 23.9. The van der Waals surface area contributed by atoms with Gasteiger partial charge < -0.3 is 9.64 Å². The van der Waals surface area contributed by atoms with Crippen LogP contribution in [0.4, 0.5) is 5.13 Å². The van der Waals surface area contributed by atoms with Crippen LogP contribution in [0.15, 0.2) is 30.6 Å². The van der Waals surface area contributed by atoms with Crippen LogP contribution in [0.1, 0.15) is 42.8 Å². The molecule has 0 bridgehead atoms. The summed E-state index contributed by atoms with van der Waals surface area (Å²) in [6, 6.07) is 5.22. The fraction of sp³-hybridized carbons (Fsp3) is 0.250. The lowest BCUT2D eigenvalue weighted by Crippen LogP contribution is -2.26. The lowest BCUT2D eigenvalue weighted by Gasteiger charge is -2.14. The molecule has 5 rings (SSSR count). The Morgan fingerprint density at radius 1 is 1.11 bits per heavy atom. The predicted octanol–water partition coefficient (Wildman–Crippen LogP) is 4.02. The highest BCUT2D eigenvalue weighted by Crippen LogP contribution is 2.35. The number of anilines is 1. The molecule has 0 unspecified atom stereocenters. The number of carbonyl (C=O) groups excluding carboxylic acids is 2. The maximum Gasteiger partial charge on any atom is 0.275 e. The molecule has 4 aromatic heterocycles. The number of methoxy groups -OCH3 is 1. The molecule has 12 heteroatoms. The highest BCUT2D eigenvalue weighted by Gasteiger charge is 2.30. The normalized spacial score (nSPS) is 12.5.